The zero-order valence-corrected chi connectivity index (χ0v) is 14.4. The van der Waals surface area contributed by atoms with Gasteiger partial charge in [-0.2, -0.15) is 0 Å². The average molecular weight is 295 g/mol. The van der Waals surface area contributed by atoms with Crippen LogP contribution in [0.4, 0.5) is 0 Å². The average Bonchev–Trinajstić information content (AvgIpc) is 2.86. The van der Waals surface area contributed by atoms with Crippen LogP contribution in [-0.2, 0) is 4.74 Å². The highest BCUT2D eigenvalue weighted by atomic mass is 16.5. The van der Waals surface area contributed by atoms with E-state index in [0.717, 1.165) is 39.1 Å². The molecule has 122 valence electrons. The van der Waals surface area contributed by atoms with E-state index in [0.29, 0.717) is 0 Å². The van der Waals surface area contributed by atoms with Gasteiger partial charge in [0.15, 0.2) is 0 Å². The normalized spacial score (nSPS) is 30.5. The molecule has 0 bridgehead atoms. The van der Waals surface area contributed by atoms with Crippen LogP contribution in [0.15, 0.2) is 4.99 Å². The summed E-state index contributed by atoms with van der Waals surface area (Å²) >= 11 is 0. The van der Waals surface area contributed by atoms with Gasteiger partial charge < -0.3 is 14.5 Å². The maximum atomic E-state index is 5.94. The van der Waals surface area contributed by atoms with Gasteiger partial charge in [-0.15, -0.1) is 0 Å². The molecule has 0 aliphatic carbocycles. The summed E-state index contributed by atoms with van der Waals surface area (Å²) in [5, 5.41) is 0. The van der Waals surface area contributed by atoms with Crippen LogP contribution in [0.25, 0.3) is 0 Å². The molecule has 4 nitrogen and oxygen atoms in total. The molecule has 2 aliphatic rings. The summed E-state index contributed by atoms with van der Waals surface area (Å²) in [6, 6.07) is 0. The van der Waals surface area contributed by atoms with Gasteiger partial charge in [0.1, 0.15) is 0 Å². The van der Waals surface area contributed by atoms with Gasteiger partial charge in [0.05, 0.1) is 12.1 Å². The number of likely N-dealkylation sites (tertiary alicyclic amines) is 1. The van der Waals surface area contributed by atoms with E-state index in [1.165, 1.54) is 25.9 Å². The molecule has 4 heteroatoms. The molecule has 0 aromatic heterocycles. The highest BCUT2D eigenvalue weighted by molar-refractivity contribution is 5.66. The number of aliphatic imine (C=N–C) groups is 1. The first-order valence-corrected chi connectivity index (χ1v) is 8.43. The molecular weight excluding hydrogens is 262 g/mol. The number of hydrogen-bond acceptors (Lipinski definition) is 4. The van der Waals surface area contributed by atoms with Gasteiger partial charge in [-0.3, -0.25) is 4.99 Å². The SMILES string of the molecule is CN(C)CCN=C[C@]1(CN2CCCC2)CCOC(C)(C)C1. The summed E-state index contributed by atoms with van der Waals surface area (Å²) in [6.45, 7) is 10.9. The summed E-state index contributed by atoms with van der Waals surface area (Å²) in [6.07, 6.45) is 7.18. The predicted molar refractivity (Wildman–Crippen MR) is 89.3 cm³/mol. The summed E-state index contributed by atoms with van der Waals surface area (Å²) < 4.78 is 5.94. The zero-order valence-electron chi connectivity index (χ0n) is 14.4. The van der Waals surface area contributed by atoms with Gasteiger partial charge in [0, 0.05) is 31.3 Å². The molecule has 0 unspecified atom stereocenters. The molecule has 2 saturated heterocycles. The number of ether oxygens (including phenoxy) is 1. The lowest BCUT2D eigenvalue weighted by Crippen LogP contribution is -2.48. The van der Waals surface area contributed by atoms with Gasteiger partial charge in [-0.05, 0) is 66.7 Å². The molecule has 0 radical (unpaired) electrons. The van der Waals surface area contributed by atoms with Crippen molar-refractivity contribution < 1.29 is 4.74 Å². The van der Waals surface area contributed by atoms with Crippen molar-refractivity contribution in [2.45, 2.75) is 45.1 Å². The molecule has 21 heavy (non-hydrogen) atoms. The predicted octanol–water partition coefficient (Wildman–Crippen LogP) is 2.29. The number of hydrogen-bond donors (Lipinski definition) is 0. The fourth-order valence-electron chi connectivity index (χ4n) is 3.71. The number of nitrogens with zero attached hydrogens (tertiary/aromatic N) is 3. The molecule has 2 aliphatic heterocycles. The van der Waals surface area contributed by atoms with E-state index in [1.54, 1.807) is 0 Å². The van der Waals surface area contributed by atoms with Crippen LogP contribution in [-0.4, -0.2) is 75.0 Å². The minimum absolute atomic E-state index is 0.0223. The zero-order chi connectivity index (χ0) is 15.3. The van der Waals surface area contributed by atoms with Crippen LogP contribution in [0.3, 0.4) is 0 Å². The second-order valence-corrected chi connectivity index (χ2v) is 7.72. The van der Waals surface area contributed by atoms with Crippen LogP contribution in [0.2, 0.25) is 0 Å². The Balaban J connectivity index is 2.01. The molecule has 2 rings (SSSR count). The number of rotatable bonds is 6. The Hall–Kier alpha value is -0.450. The van der Waals surface area contributed by atoms with E-state index in [4.69, 9.17) is 9.73 Å². The summed E-state index contributed by atoms with van der Waals surface area (Å²) in [5.74, 6) is 0. The summed E-state index contributed by atoms with van der Waals surface area (Å²) in [5.41, 5.74) is 0.184. The molecule has 2 heterocycles. The van der Waals surface area contributed by atoms with Crippen molar-refractivity contribution in [1.82, 2.24) is 9.80 Å². The second-order valence-electron chi connectivity index (χ2n) is 7.72. The van der Waals surface area contributed by atoms with Gasteiger partial charge in [-0.1, -0.05) is 0 Å². The van der Waals surface area contributed by atoms with E-state index >= 15 is 0 Å². The van der Waals surface area contributed by atoms with Gasteiger partial charge >= 0.3 is 0 Å². The molecule has 1 atom stereocenters. The Kier molecular flexibility index (Phi) is 5.81. The third kappa shape index (κ3) is 5.35. The van der Waals surface area contributed by atoms with Crippen molar-refractivity contribution >= 4 is 6.21 Å². The van der Waals surface area contributed by atoms with Crippen molar-refractivity contribution in [2.24, 2.45) is 10.4 Å². The fourth-order valence-corrected chi connectivity index (χ4v) is 3.71. The fraction of sp³-hybridized carbons (Fsp3) is 0.941. The first-order chi connectivity index (χ1) is 9.91. The quantitative estimate of drug-likeness (QED) is 0.704. The molecule has 0 aromatic carbocycles. The van der Waals surface area contributed by atoms with Crippen molar-refractivity contribution in [3.63, 3.8) is 0 Å². The van der Waals surface area contributed by atoms with E-state index in [9.17, 15) is 0 Å². The largest absolute Gasteiger partial charge is 0.376 e. The number of likely N-dealkylation sites (N-methyl/N-ethyl adjacent to an activating group) is 1. The van der Waals surface area contributed by atoms with E-state index in [1.807, 2.05) is 0 Å². The Morgan fingerprint density at radius 3 is 2.57 bits per heavy atom. The third-order valence-electron chi connectivity index (χ3n) is 4.65. The summed E-state index contributed by atoms with van der Waals surface area (Å²) in [4.78, 5) is 9.58. The summed E-state index contributed by atoms with van der Waals surface area (Å²) in [7, 11) is 4.21. The molecule has 0 saturated carbocycles. The van der Waals surface area contributed by atoms with Gasteiger partial charge in [0.25, 0.3) is 0 Å². The lowest BCUT2D eigenvalue weighted by Gasteiger charge is -2.44. The first kappa shape index (κ1) is 16.9. The highest BCUT2D eigenvalue weighted by Crippen LogP contribution is 2.38. The van der Waals surface area contributed by atoms with Crippen molar-refractivity contribution in [3.8, 4) is 0 Å². The lowest BCUT2D eigenvalue weighted by atomic mass is 9.74. The smallest absolute Gasteiger partial charge is 0.0635 e. The van der Waals surface area contributed by atoms with Crippen molar-refractivity contribution in [2.75, 3.05) is 53.4 Å². The monoisotopic (exact) mass is 295 g/mol. The second kappa shape index (κ2) is 7.21. The van der Waals surface area contributed by atoms with Gasteiger partial charge in [0.2, 0.25) is 0 Å². The van der Waals surface area contributed by atoms with Crippen LogP contribution in [0, 0.1) is 5.41 Å². The molecule has 0 N–H and O–H groups in total. The Morgan fingerprint density at radius 1 is 1.24 bits per heavy atom. The van der Waals surface area contributed by atoms with Crippen molar-refractivity contribution in [1.29, 1.82) is 0 Å². The minimum Gasteiger partial charge on any atom is -0.376 e. The van der Waals surface area contributed by atoms with Crippen molar-refractivity contribution in [3.05, 3.63) is 0 Å². The standard InChI is InChI=1S/C17H33N3O/c1-16(2)13-17(7-12-21-16,14-18-8-11-19(3)4)15-20-9-5-6-10-20/h14H,5-13,15H2,1-4H3/t17-/m0/s1. The minimum atomic E-state index is -0.0223. The molecule has 0 amide bonds. The molecule has 0 aromatic rings. The van der Waals surface area contributed by atoms with Gasteiger partial charge in [-0.25, -0.2) is 0 Å². The van der Waals surface area contributed by atoms with E-state index < -0.39 is 0 Å². The maximum Gasteiger partial charge on any atom is 0.0635 e. The van der Waals surface area contributed by atoms with E-state index in [2.05, 4.69) is 44.0 Å². The maximum absolute atomic E-state index is 5.94. The first-order valence-electron chi connectivity index (χ1n) is 8.43. The van der Waals surface area contributed by atoms with E-state index in [-0.39, 0.29) is 11.0 Å². The molecule has 2 fully saturated rings. The third-order valence-corrected chi connectivity index (χ3v) is 4.65. The Labute approximate surface area is 130 Å². The van der Waals surface area contributed by atoms with Crippen LogP contribution in [0.1, 0.15) is 39.5 Å². The lowest BCUT2D eigenvalue weighted by molar-refractivity contribution is -0.0897. The Bertz CT molecular complexity index is 348. The molecule has 0 spiro atoms. The highest BCUT2D eigenvalue weighted by Gasteiger charge is 2.41. The van der Waals surface area contributed by atoms with Crippen LogP contribution in [0.5, 0.6) is 0 Å². The topological polar surface area (TPSA) is 28.1 Å². The van der Waals surface area contributed by atoms with Crippen LogP contribution < -0.4 is 0 Å². The molecular formula is C17H33N3O. The van der Waals surface area contributed by atoms with Crippen LogP contribution >= 0.6 is 0 Å². The Morgan fingerprint density at radius 2 is 1.95 bits per heavy atom.